The van der Waals surface area contributed by atoms with Gasteiger partial charge >= 0.3 is 23.9 Å². The largest absolute Gasteiger partial charge is 0.403 e. The van der Waals surface area contributed by atoms with Crippen molar-refractivity contribution in [3.8, 4) is 11.5 Å². The number of esters is 2. The molecule has 0 amide bonds. The second-order valence-electron chi connectivity index (χ2n) is 6.87. The Hall–Kier alpha value is -3.27. The Morgan fingerprint density at radius 3 is 2.50 bits per heavy atom. The molecular formula is C18H17N5O5. The van der Waals surface area contributed by atoms with E-state index in [1.165, 1.54) is 0 Å². The number of nitrogens with zero attached hydrogens (tertiary/aromatic N) is 5. The van der Waals surface area contributed by atoms with Gasteiger partial charge in [0.25, 0.3) is 5.89 Å². The van der Waals surface area contributed by atoms with E-state index in [1.54, 1.807) is 18.5 Å². The Kier molecular flexibility index (Phi) is 3.86. The van der Waals surface area contributed by atoms with Crippen molar-refractivity contribution in [3.05, 3.63) is 36.7 Å². The Labute approximate surface area is 159 Å². The molecule has 6 rings (SSSR count). The number of rotatable bonds is 2. The van der Waals surface area contributed by atoms with Gasteiger partial charge in [-0.2, -0.15) is 0 Å². The zero-order chi connectivity index (χ0) is 19.1. The number of pyridine rings is 1. The lowest BCUT2D eigenvalue weighted by atomic mass is 10.1. The molecule has 144 valence electrons. The molecule has 6 heterocycles. The highest BCUT2D eigenvalue weighted by Gasteiger charge is 2.53. The van der Waals surface area contributed by atoms with Crippen LogP contribution in [0.4, 0.5) is 6.01 Å². The van der Waals surface area contributed by atoms with Crippen LogP contribution < -0.4 is 4.90 Å². The first-order valence-electron chi connectivity index (χ1n) is 9.03. The van der Waals surface area contributed by atoms with Gasteiger partial charge in [0.1, 0.15) is 6.54 Å². The fourth-order valence-electron chi connectivity index (χ4n) is 3.86. The number of ether oxygens (including phenoxy) is 2. The highest BCUT2D eigenvalue weighted by molar-refractivity contribution is 5.93. The molecule has 0 aliphatic carbocycles. The highest BCUT2D eigenvalue weighted by Crippen LogP contribution is 2.36. The summed E-state index contributed by atoms with van der Waals surface area (Å²) in [6.07, 6.45) is 7.03. The second-order valence-corrected chi connectivity index (χ2v) is 6.87. The predicted octanol–water partition coefficient (Wildman–Crippen LogP) is 0.726. The molecule has 3 fully saturated rings. The molecule has 10 nitrogen and oxygen atoms in total. The van der Waals surface area contributed by atoms with E-state index in [0.29, 0.717) is 24.5 Å². The summed E-state index contributed by atoms with van der Waals surface area (Å²) in [4.78, 5) is 32.0. The molecule has 2 aromatic heterocycles. The van der Waals surface area contributed by atoms with E-state index in [9.17, 15) is 9.59 Å². The van der Waals surface area contributed by atoms with Gasteiger partial charge in [0, 0.05) is 43.7 Å². The molecule has 3 saturated heterocycles. The van der Waals surface area contributed by atoms with E-state index in [-0.39, 0.29) is 18.6 Å². The van der Waals surface area contributed by atoms with Crippen molar-refractivity contribution >= 4 is 18.0 Å². The van der Waals surface area contributed by atoms with Gasteiger partial charge < -0.3 is 18.8 Å². The summed E-state index contributed by atoms with van der Waals surface area (Å²) in [7, 11) is 0. The fourth-order valence-corrected chi connectivity index (χ4v) is 3.86. The van der Waals surface area contributed by atoms with Gasteiger partial charge in [-0.3, -0.25) is 4.98 Å². The Morgan fingerprint density at radius 1 is 1.07 bits per heavy atom. The van der Waals surface area contributed by atoms with Crippen molar-refractivity contribution in [2.75, 3.05) is 24.5 Å². The first kappa shape index (κ1) is 16.9. The zero-order valence-corrected chi connectivity index (χ0v) is 14.9. The maximum absolute atomic E-state index is 12.1. The van der Waals surface area contributed by atoms with Gasteiger partial charge in [-0.25, -0.2) is 14.5 Å². The molecule has 28 heavy (non-hydrogen) atoms. The molecule has 0 atom stereocenters. The molecule has 2 aromatic rings. The molecule has 2 bridgehead atoms. The van der Waals surface area contributed by atoms with Crippen LogP contribution in [0.1, 0.15) is 12.8 Å². The molecule has 0 saturated carbocycles. The van der Waals surface area contributed by atoms with Crippen molar-refractivity contribution < 1.29 is 23.5 Å². The van der Waals surface area contributed by atoms with Crippen molar-refractivity contribution in [3.63, 3.8) is 0 Å². The summed E-state index contributed by atoms with van der Waals surface area (Å²) in [6, 6.07) is 4.00. The monoisotopic (exact) mass is 383 g/mol. The van der Waals surface area contributed by atoms with Gasteiger partial charge in [-0.1, -0.05) is 5.10 Å². The normalized spacial score (nSPS) is 25.9. The number of aromatic nitrogens is 3. The third kappa shape index (κ3) is 2.82. The molecule has 1 spiro atoms. The molecule has 0 radical (unpaired) electrons. The Bertz CT molecular complexity index is 915. The topological polar surface area (TPSA) is 111 Å². The Balaban J connectivity index is 1.51. The SMILES string of the molecule is O=C1C=CC(=O)OC2(CN(c3nnc(-c4cccnc4)o3)C3CCN2CC3)O1. The summed E-state index contributed by atoms with van der Waals surface area (Å²) >= 11 is 0. The van der Waals surface area contributed by atoms with Gasteiger partial charge in [0.15, 0.2) is 0 Å². The van der Waals surface area contributed by atoms with Gasteiger partial charge in [-0.05, 0) is 25.0 Å². The van der Waals surface area contributed by atoms with Gasteiger partial charge in [-0.15, -0.1) is 5.10 Å². The molecular weight excluding hydrogens is 366 g/mol. The number of anilines is 1. The lowest BCUT2D eigenvalue weighted by molar-refractivity contribution is -0.274. The van der Waals surface area contributed by atoms with E-state index >= 15 is 0 Å². The highest BCUT2D eigenvalue weighted by atomic mass is 16.8. The van der Waals surface area contributed by atoms with Crippen LogP contribution >= 0.6 is 0 Å². The van der Waals surface area contributed by atoms with E-state index < -0.39 is 17.8 Å². The Morgan fingerprint density at radius 2 is 1.82 bits per heavy atom. The summed E-state index contributed by atoms with van der Waals surface area (Å²) < 4.78 is 17.0. The fraction of sp³-hybridized carbons (Fsp3) is 0.389. The summed E-state index contributed by atoms with van der Waals surface area (Å²) in [6.45, 7) is 1.32. The van der Waals surface area contributed by atoms with E-state index in [2.05, 4.69) is 15.2 Å². The zero-order valence-electron chi connectivity index (χ0n) is 14.9. The van der Waals surface area contributed by atoms with Crippen LogP contribution in [0.3, 0.4) is 0 Å². The van der Waals surface area contributed by atoms with Crippen LogP contribution in [0.15, 0.2) is 41.1 Å². The van der Waals surface area contributed by atoms with Crippen molar-refractivity contribution in [1.82, 2.24) is 20.1 Å². The lowest BCUT2D eigenvalue weighted by Gasteiger charge is -2.39. The van der Waals surface area contributed by atoms with Crippen LogP contribution in [0.5, 0.6) is 0 Å². The van der Waals surface area contributed by atoms with Crippen LogP contribution in [-0.4, -0.2) is 63.6 Å². The molecule has 0 aromatic carbocycles. The minimum absolute atomic E-state index is 0.0888. The first-order chi connectivity index (χ1) is 13.6. The minimum Gasteiger partial charge on any atom is -0.403 e. The summed E-state index contributed by atoms with van der Waals surface area (Å²) in [5.41, 5.74) is 0.704. The molecule has 4 aliphatic rings. The van der Waals surface area contributed by atoms with Crippen LogP contribution in [-0.2, 0) is 19.1 Å². The van der Waals surface area contributed by atoms with Crippen LogP contribution in [0, 0.1) is 0 Å². The van der Waals surface area contributed by atoms with Crippen molar-refractivity contribution in [1.29, 1.82) is 0 Å². The quantitative estimate of drug-likeness (QED) is 0.688. The number of hydrogen-bond donors (Lipinski definition) is 0. The van der Waals surface area contributed by atoms with Gasteiger partial charge in [0.05, 0.1) is 5.56 Å². The van der Waals surface area contributed by atoms with E-state index in [0.717, 1.165) is 25.0 Å². The van der Waals surface area contributed by atoms with Crippen molar-refractivity contribution in [2.45, 2.75) is 24.8 Å². The lowest BCUT2D eigenvalue weighted by Crippen LogP contribution is -2.58. The third-order valence-corrected chi connectivity index (χ3v) is 5.20. The average Bonchev–Trinajstić information content (AvgIpc) is 3.04. The van der Waals surface area contributed by atoms with E-state index in [1.807, 2.05) is 15.9 Å². The number of fused-ring (bicyclic) bond motifs is 3. The summed E-state index contributed by atoms with van der Waals surface area (Å²) in [5.74, 6) is -2.44. The smallest absolute Gasteiger partial charge is 0.339 e. The number of hydrogen-bond acceptors (Lipinski definition) is 10. The minimum atomic E-state index is -1.52. The number of carbonyl (C=O) groups excluding carboxylic acids is 2. The molecule has 0 N–H and O–H groups in total. The number of carbonyl (C=O) groups is 2. The maximum Gasteiger partial charge on any atom is 0.339 e. The molecule has 10 heteroatoms. The average molecular weight is 383 g/mol. The molecule has 0 unspecified atom stereocenters. The van der Waals surface area contributed by atoms with Crippen LogP contribution in [0.2, 0.25) is 0 Å². The maximum atomic E-state index is 12.1. The van der Waals surface area contributed by atoms with Crippen LogP contribution in [0.25, 0.3) is 11.5 Å². The molecule has 4 aliphatic heterocycles. The first-order valence-corrected chi connectivity index (χ1v) is 9.03. The number of piperidine rings is 1. The second kappa shape index (κ2) is 6.41. The third-order valence-electron chi connectivity index (χ3n) is 5.20. The van der Waals surface area contributed by atoms with Crippen molar-refractivity contribution in [2.24, 2.45) is 0 Å². The van der Waals surface area contributed by atoms with Gasteiger partial charge in [0.2, 0.25) is 0 Å². The van der Waals surface area contributed by atoms with E-state index in [4.69, 9.17) is 13.9 Å². The predicted molar refractivity (Wildman–Crippen MR) is 93.5 cm³/mol. The summed E-state index contributed by atoms with van der Waals surface area (Å²) in [5, 5.41) is 8.30. The standard InChI is InChI=1S/C18H17N5O5/c24-14-3-4-15(25)28-18(27-14)11-23(13-5-8-22(18)9-6-13)17-21-20-16(26-17)12-2-1-7-19-10-12/h1-4,7,10,13H,5-6,8-9,11H2.